The molecule has 0 radical (unpaired) electrons. The van der Waals surface area contributed by atoms with Crippen molar-refractivity contribution in [2.24, 2.45) is 4.99 Å². The molecule has 0 unspecified atom stereocenters. The number of carbonyl (C=O) groups excluding carboxylic acids is 1. The summed E-state index contributed by atoms with van der Waals surface area (Å²) in [6.45, 7) is 0.216. The molecule has 0 atom stereocenters. The van der Waals surface area contributed by atoms with Gasteiger partial charge in [-0.15, -0.1) is 0 Å². The third-order valence-electron chi connectivity index (χ3n) is 4.54. The highest BCUT2D eigenvalue weighted by Gasteiger charge is 2.25. The number of benzene rings is 3. The largest absolute Gasteiger partial charge is 0.488 e. The van der Waals surface area contributed by atoms with Gasteiger partial charge in [0.15, 0.2) is 5.70 Å². The summed E-state index contributed by atoms with van der Waals surface area (Å²) in [6.07, 6.45) is 1.61. The van der Waals surface area contributed by atoms with Crippen molar-refractivity contribution < 1.29 is 19.2 Å². The van der Waals surface area contributed by atoms with Gasteiger partial charge in [-0.3, -0.25) is 10.1 Å². The summed E-state index contributed by atoms with van der Waals surface area (Å²) in [5.74, 6) is 0.245. The number of nitrogens with zero attached hydrogens (tertiary/aromatic N) is 2. The second-order valence-corrected chi connectivity index (χ2v) is 8.73. The normalized spacial score (nSPS) is 14.2. The number of para-hydroxylation sites is 1. The van der Waals surface area contributed by atoms with E-state index in [4.69, 9.17) is 9.47 Å². The van der Waals surface area contributed by atoms with Crippen molar-refractivity contribution in [1.82, 2.24) is 0 Å². The van der Waals surface area contributed by atoms with Crippen LogP contribution >= 0.6 is 38.5 Å². The molecule has 0 bridgehead atoms. The van der Waals surface area contributed by atoms with Crippen LogP contribution in [0.3, 0.4) is 0 Å². The zero-order chi connectivity index (χ0) is 22.7. The Morgan fingerprint density at radius 3 is 2.59 bits per heavy atom. The fourth-order valence-electron chi connectivity index (χ4n) is 2.92. The van der Waals surface area contributed by atoms with Gasteiger partial charge in [-0.05, 0) is 86.6 Å². The number of nitro benzene ring substituents is 1. The Hall–Kier alpha value is -3.05. The Balaban J connectivity index is 1.55. The molecular weight excluding hydrogens is 591 g/mol. The molecule has 32 heavy (non-hydrogen) atoms. The third kappa shape index (κ3) is 5.05. The lowest BCUT2D eigenvalue weighted by atomic mass is 10.1. The van der Waals surface area contributed by atoms with E-state index in [1.165, 1.54) is 12.1 Å². The van der Waals surface area contributed by atoms with Gasteiger partial charge < -0.3 is 9.47 Å². The lowest BCUT2D eigenvalue weighted by Crippen LogP contribution is -2.05. The van der Waals surface area contributed by atoms with Crippen molar-refractivity contribution in [2.45, 2.75) is 6.61 Å². The first kappa shape index (κ1) is 22.2. The number of rotatable bonds is 6. The van der Waals surface area contributed by atoms with Gasteiger partial charge in [0.2, 0.25) is 5.90 Å². The number of hydrogen-bond acceptors (Lipinski definition) is 6. The number of hydrogen-bond donors (Lipinski definition) is 0. The number of aliphatic imine (C=N–C) groups is 1. The monoisotopic (exact) mass is 604 g/mol. The molecule has 3 aromatic carbocycles. The van der Waals surface area contributed by atoms with Crippen LogP contribution in [0, 0.1) is 13.7 Å². The average molecular weight is 605 g/mol. The first-order valence-electron chi connectivity index (χ1n) is 9.34. The van der Waals surface area contributed by atoms with Crippen LogP contribution in [0.2, 0.25) is 0 Å². The van der Waals surface area contributed by atoms with Crippen LogP contribution in [-0.2, 0) is 16.1 Å². The van der Waals surface area contributed by atoms with Crippen LogP contribution in [0.5, 0.6) is 5.75 Å². The minimum atomic E-state index is -0.542. The van der Waals surface area contributed by atoms with Crippen molar-refractivity contribution in [3.8, 4) is 5.75 Å². The standard InChI is InChI=1S/C23H14BrIN2O5/c24-18-11-16(7-10-19(18)25)22-26-20(23(28)32-22)12-15-3-1-2-4-21(15)31-13-14-5-8-17(9-6-14)27(29)30/h1-12H,13H2/b20-12-. The van der Waals surface area contributed by atoms with E-state index in [9.17, 15) is 14.9 Å². The van der Waals surface area contributed by atoms with Gasteiger partial charge in [0.05, 0.1) is 4.92 Å². The number of cyclic esters (lactones) is 1. The molecule has 0 aromatic heterocycles. The lowest BCUT2D eigenvalue weighted by Gasteiger charge is -2.09. The van der Waals surface area contributed by atoms with E-state index in [1.54, 1.807) is 30.3 Å². The fraction of sp³-hybridized carbons (Fsp3) is 0.0435. The molecule has 1 aliphatic rings. The van der Waals surface area contributed by atoms with Crippen LogP contribution in [0.4, 0.5) is 5.69 Å². The third-order valence-corrected chi connectivity index (χ3v) is 6.88. The van der Waals surface area contributed by atoms with Gasteiger partial charge in [-0.2, -0.15) is 0 Å². The van der Waals surface area contributed by atoms with Gasteiger partial charge >= 0.3 is 5.97 Å². The molecule has 0 spiro atoms. The van der Waals surface area contributed by atoms with Crippen molar-refractivity contribution >= 4 is 62.2 Å². The van der Waals surface area contributed by atoms with Gasteiger partial charge in [0.1, 0.15) is 12.4 Å². The highest BCUT2D eigenvalue weighted by Crippen LogP contribution is 2.27. The number of ether oxygens (including phenoxy) is 2. The van der Waals surface area contributed by atoms with E-state index >= 15 is 0 Å². The van der Waals surface area contributed by atoms with Crippen molar-refractivity contribution in [3.05, 3.63) is 107 Å². The predicted molar refractivity (Wildman–Crippen MR) is 131 cm³/mol. The molecule has 0 N–H and O–H groups in total. The lowest BCUT2D eigenvalue weighted by molar-refractivity contribution is -0.384. The summed E-state index contributed by atoms with van der Waals surface area (Å²) in [5, 5.41) is 10.8. The summed E-state index contributed by atoms with van der Waals surface area (Å²) in [7, 11) is 0. The molecule has 0 saturated carbocycles. The number of nitro groups is 1. The SMILES string of the molecule is O=C1OC(c2ccc(I)c(Br)c2)=N/C1=C\c1ccccc1OCc1ccc([N+](=O)[O-])cc1. The average Bonchev–Trinajstić information content (AvgIpc) is 3.15. The molecule has 4 rings (SSSR count). The predicted octanol–water partition coefficient (Wildman–Crippen LogP) is 5.89. The van der Waals surface area contributed by atoms with Crippen molar-refractivity contribution in [1.29, 1.82) is 0 Å². The number of carbonyl (C=O) groups is 1. The minimum Gasteiger partial charge on any atom is -0.488 e. The van der Waals surface area contributed by atoms with E-state index in [0.717, 1.165) is 13.6 Å². The fourth-order valence-corrected chi connectivity index (χ4v) is 3.63. The smallest absolute Gasteiger partial charge is 0.363 e. The molecule has 0 aliphatic carbocycles. The number of halogens is 2. The topological polar surface area (TPSA) is 91.0 Å². The Labute approximate surface area is 205 Å². The zero-order valence-corrected chi connectivity index (χ0v) is 20.1. The van der Waals surface area contributed by atoms with E-state index in [0.29, 0.717) is 16.9 Å². The zero-order valence-electron chi connectivity index (χ0n) is 16.3. The first-order chi connectivity index (χ1) is 15.4. The van der Waals surface area contributed by atoms with E-state index < -0.39 is 10.9 Å². The molecule has 1 heterocycles. The molecular formula is C23H14BrIN2O5. The highest BCUT2D eigenvalue weighted by atomic mass is 127. The van der Waals surface area contributed by atoms with Gasteiger partial charge in [0.25, 0.3) is 5.69 Å². The van der Waals surface area contributed by atoms with Gasteiger partial charge in [-0.1, -0.05) is 18.2 Å². The molecule has 3 aromatic rings. The van der Waals surface area contributed by atoms with Crippen LogP contribution < -0.4 is 4.74 Å². The Morgan fingerprint density at radius 2 is 1.88 bits per heavy atom. The van der Waals surface area contributed by atoms with Crippen LogP contribution in [0.25, 0.3) is 6.08 Å². The molecule has 7 nitrogen and oxygen atoms in total. The van der Waals surface area contributed by atoms with Crippen molar-refractivity contribution in [2.75, 3.05) is 0 Å². The van der Waals surface area contributed by atoms with Gasteiger partial charge in [-0.25, -0.2) is 9.79 Å². The van der Waals surface area contributed by atoms with Gasteiger partial charge in [0, 0.05) is 31.3 Å². The Bertz CT molecular complexity index is 1270. The van der Waals surface area contributed by atoms with Crippen LogP contribution in [0.1, 0.15) is 16.7 Å². The Morgan fingerprint density at radius 1 is 1.12 bits per heavy atom. The Kier molecular flexibility index (Phi) is 6.66. The minimum absolute atomic E-state index is 0.0208. The summed E-state index contributed by atoms with van der Waals surface area (Å²) >= 11 is 5.66. The molecule has 0 fully saturated rings. The summed E-state index contributed by atoms with van der Waals surface area (Å²) in [6, 6.07) is 19.0. The summed E-state index contributed by atoms with van der Waals surface area (Å²) in [4.78, 5) is 27.1. The van der Waals surface area contributed by atoms with Crippen LogP contribution in [-0.4, -0.2) is 16.8 Å². The van der Waals surface area contributed by atoms with Crippen molar-refractivity contribution in [3.63, 3.8) is 0 Å². The molecule has 1 aliphatic heterocycles. The molecule has 9 heteroatoms. The molecule has 0 saturated heterocycles. The summed E-state index contributed by atoms with van der Waals surface area (Å²) < 4.78 is 13.2. The maximum absolute atomic E-state index is 12.4. The first-order valence-corrected chi connectivity index (χ1v) is 11.2. The van der Waals surface area contributed by atoms with E-state index in [-0.39, 0.29) is 23.9 Å². The number of esters is 1. The second-order valence-electron chi connectivity index (χ2n) is 6.71. The second kappa shape index (κ2) is 9.61. The maximum Gasteiger partial charge on any atom is 0.363 e. The molecule has 0 amide bonds. The summed E-state index contributed by atoms with van der Waals surface area (Å²) in [5.41, 5.74) is 2.32. The van der Waals surface area contributed by atoms with E-state index in [2.05, 4.69) is 43.5 Å². The molecule has 160 valence electrons. The maximum atomic E-state index is 12.4. The highest BCUT2D eigenvalue weighted by molar-refractivity contribution is 14.1. The number of non-ortho nitro benzene ring substituents is 1. The quantitative estimate of drug-likeness (QED) is 0.115. The van der Waals surface area contributed by atoms with E-state index in [1.807, 2.05) is 30.3 Å². The van der Waals surface area contributed by atoms with Crippen LogP contribution in [0.15, 0.2) is 81.9 Å².